The van der Waals surface area contributed by atoms with E-state index >= 15 is 0 Å². The first-order chi connectivity index (χ1) is 11.7. The molecule has 24 heavy (non-hydrogen) atoms. The zero-order valence-corrected chi connectivity index (χ0v) is 14.1. The average Bonchev–Trinajstić information content (AvgIpc) is 3.06. The fourth-order valence-electron chi connectivity index (χ4n) is 2.98. The van der Waals surface area contributed by atoms with Crippen LogP contribution in [0, 0.1) is 5.92 Å². The minimum absolute atomic E-state index is 0.00156. The highest BCUT2D eigenvalue weighted by Crippen LogP contribution is 2.22. The van der Waals surface area contributed by atoms with E-state index in [-0.39, 0.29) is 5.91 Å². The predicted octanol–water partition coefficient (Wildman–Crippen LogP) is 2.36. The number of benzene rings is 1. The van der Waals surface area contributed by atoms with Crippen molar-refractivity contribution < 1.29 is 14.3 Å². The van der Waals surface area contributed by atoms with Gasteiger partial charge in [-0.15, -0.1) is 0 Å². The van der Waals surface area contributed by atoms with Gasteiger partial charge in [0.25, 0.3) is 5.91 Å². The van der Waals surface area contributed by atoms with Crippen molar-refractivity contribution in [3.63, 3.8) is 0 Å². The van der Waals surface area contributed by atoms with Crippen LogP contribution in [0.4, 0.5) is 0 Å². The molecule has 3 rings (SSSR count). The number of hydrogen-bond acceptors (Lipinski definition) is 4. The SMILES string of the molecule is COc1cccc(OC[C@H]2CCCN(C(=O)c3cn(C)cn3)C2)c1. The Kier molecular flexibility index (Phi) is 5.03. The van der Waals surface area contributed by atoms with Gasteiger partial charge in [0.1, 0.15) is 17.2 Å². The third kappa shape index (κ3) is 3.88. The summed E-state index contributed by atoms with van der Waals surface area (Å²) in [6.45, 7) is 2.09. The van der Waals surface area contributed by atoms with E-state index in [9.17, 15) is 4.79 Å². The lowest BCUT2D eigenvalue weighted by molar-refractivity contribution is 0.0628. The first-order valence-electron chi connectivity index (χ1n) is 8.20. The van der Waals surface area contributed by atoms with E-state index in [0.29, 0.717) is 24.8 Å². The minimum atomic E-state index is 0.00156. The molecular weight excluding hydrogens is 306 g/mol. The third-order valence-corrected chi connectivity index (χ3v) is 4.26. The number of hydrogen-bond donors (Lipinski definition) is 0. The van der Waals surface area contributed by atoms with Crippen LogP contribution in [0.15, 0.2) is 36.8 Å². The van der Waals surface area contributed by atoms with Crippen LogP contribution < -0.4 is 9.47 Å². The number of aryl methyl sites for hydroxylation is 1. The Hall–Kier alpha value is -2.50. The van der Waals surface area contributed by atoms with E-state index in [1.807, 2.05) is 36.2 Å². The molecule has 128 valence electrons. The molecule has 0 unspecified atom stereocenters. The molecule has 0 N–H and O–H groups in total. The Balaban J connectivity index is 1.56. The molecule has 0 bridgehead atoms. The molecule has 1 fully saturated rings. The maximum absolute atomic E-state index is 12.5. The molecule has 1 saturated heterocycles. The summed E-state index contributed by atoms with van der Waals surface area (Å²) in [5.74, 6) is 1.91. The van der Waals surface area contributed by atoms with Gasteiger partial charge in [-0.05, 0) is 25.0 Å². The summed E-state index contributed by atoms with van der Waals surface area (Å²) in [6, 6.07) is 7.59. The van der Waals surface area contributed by atoms with E-state index in [1.54, 1.807) is 24.2 Å². The number of nitrogens with zero attached hydrogens (tertiary/aromatic N) is 3. The number of ether oxygens (including phenoxy) is 2. The van der Waals surface area contributed by atoms with Crippen molar-refractivity contribution in [3.8, 4) is 11.5 Å². The van der Waals surface area contributed by atoms with E-state index < -0.39 is 0 Å². The van der Waals surface area contributed by atoms with Crippen LogP contribution in [-0.2, 0) is 7.05 Å². The molecule has 1 atom stereocenters. The van der Waals surface area contributed by atoms with Gasteiger partial charge in [0.15, 0.2) is 0 Å². The molecule has 1 aliphatic rings. The van der Waals surface area contributed by atoms with Gasteiger partial charge < -0.3 is 18.9 Å². The average molecular weight is 329 g/mol. The zero-order valence-electron chi connectivity index (χ0n) is 14.1. The Morgan fingerprint density at radius 2 is 2.21 bits per heavy atom. The number of carbonyl (C=O) groups excluding carboxylic acids is 1. The lowest BCUT2D eigenvalue weighted by Gasteiger charge is -2.32. The predicted molar refractivity (Wildman–Crippen MR) is 90.3 cm³/mol. The first-order valence-corrected chi connectivity index (χ1v) is 8.20. The maximum Gasteiger partial charge on any atom is 0.274 e. The van der Waals surface area contributed by atoms with Gasteiger partial charge in [0, 0.05) is 38.3 Å². The highest BCUT2D eigenvalue weighted by atomic mass is 16.5. The van der Waals surface area contributed by atoms with Crippen molar-refractivity contribution in [1.29, 1.82) is 0 Å². The smallest absolute Gasteiger partial charge is 0.274 e. The molecule has 1 aromatic heterocycles. The monoisotopic (exact) mass is 329 g/mol. The molecule has 2 heterocycles. The Morgan fingerprint density at radius 3 is 2.96 bits per heavy atom. The molecule has 1 aromatic carbocycles. The number of piperidine rings is 1. The number of likely N-dealkylation sites (tertiary alicyclic amines) is 1. The number of carbonyl (C=O) groups is 1. The highest BCUT2D eigenvalue weighted by Gasteiger charge is 2.26. The molecule has 0 spiro atoms. The summed E-state index contributed by atoms with van der Waals surface area (Å²) < 4.78 is 12.9. The number of imidazole rings is 1. The van der Waals surface area contributed by atoms with E-state index in [0.717, 1.165) is 30.9 Å². The molecule has 1 aliphatic heterocycles. The van der Waals surface area contributed by atoms with Crippen LogP contribution >= 0.6 is 0 Å². The van der Waals surface area contributed by atoms with E-state index in [2.05, 4.69) is 4.98 Å². The standard InChI is InChI=1S/C18H23N3O3/c1-20-11-17(19-13-20)18(22)21-8-4-5-14(10-21)12-24-16-7-3-6-15(9-16)23-2/h3,6-7,9,11,13-14H,4-5,8,10,12H2,1-2H3/t14-/m0/s1. The summed E-state index contributed by atoms with van der Waals surface area (Å²) in [6.07, 6.45) is 5.47. The second-order valence-corrected chi connectivity index (χ2v) is 6.17. The van der Waals surface area contributed by atoms with Crippen molar-refractivity contribution >= 4 is 5.91 Å². The number of rotatable bonds is 5. The van der Waals surface area contributed by atoms with Crippen molar-refractivity contribution in [2.24, 2.45) is 13.0 Å². The van der Waals surface area contributed by atoms with E-state index in [4.69, 9.17) is 9.47 Å². The van der Waals surface area contributed by atoms with Gasteiger partial charge in [0.2, 0.25) is 0 Å². The largest absolute Gasteiger partial charge is 0.497 e. The minimum Gasteiger partial charge on any atom is -0.497 e. The van der Waals surface area contributed by atoms with E-state index in [1.165, 1.54) is 0 Å². The van der Waals surface area contributed by atoms with Crippen LogP contribution in [0.2, 0.25) is 0 Å². The van der Waals surface area contributed by atoms with Crippen LogP contribution in [-0.4, -0.2) is 47.2 Å². The van der Waals surface area contributed by atoms with Crippen molar-refractivity contribution in [1.82, 2.24) is 14.5 Å². The number of amides is 1. The molecule has 0 aliphatic carbocycles. The number of aromatic nitrogens is 2. The Bertz CT molecular complexity index is 698. The Labute approximate surface area is 142 Å². The summed E-state index contributed by atoms with van der Waals surface area (Å²) >= 11 is 0. The lowest BCUT2D eigenvalue weighted by atomic mass is 9.98. The second-order valence-electron chi connectivity index (χ2n) is 6.17. The fourth-order valence-corrected chi connectivity index (χ4v) is 2.98. The topological polar surface area (TPSA) is 56.6 Å². The van der Waals surface area contributed by atoms with Crippen molar-refractivity contribution in [2.45, 2.75) is 12.8 Å². The van der Waals surface area contributed by atoms with Crippen LogP contribution in [0.25, 0.3) is 0 Å². The summed E-state index contributed by atoms with van der Waals surface area (Å²) in [5, 5.41) is 0. The molecule has 6 heteroatoms. The first kappa shape index (κ1) is 16.4. The van der Waals surface area contributed by atoms with Crippen LogP contribution in [0.5, 0.6) is 11.5 Å². The van der Waals surface area contributed by atoms with Crippen molar-refractivity contribution in [2.75, 3.05) is 26.8 Å². The third-order valence-electron chi connectivity index (χ3n) is 4.26. The quantitative estimate of drug-likeness (QED) is 0.845. The van der Waals surface area contributed by atoms with Gasteiger partial charge in [-0.2, -0.15) is 0 Å². The molecule has 0 saturated carbocycles. The van der Waals surface area contributed by atoms with Gasteiger partial charge >= 0.3 is 0 Å². The highest BCUT2D eigenvalue weighted by molar-refractivity contribution is 5.92. The molecule has 2 aromatic rings. The molecule has 0 radical (unpaired) electrons. The summed E-state index contributed by atoms with van der Waals surface area (Å²) in [7, 11) is 3.51. The fraction of sp³-hybridized carbons (Fsp3) is 0.444. The normalized spacial score (nSPS) is 17.6. The lowest BCUT2D eigenvalue weighted by Crippen LogP contribution is -2.41. The summed E-state index contributed by atoms with van der Waals surface area (Å²) in [5.41, 5.74) is 0.506. The van der Waals surface area contributed by atoms with Gasteiger partial charge in [-0.1, -0.05) is 6.07 Å². The van der Waals surface area contributed by atoms with Crippen LogP contribution in [0.3, 0.4) is 0 Å². The maximum atomic E-state index is 12.5. The molecule has 1 amide bonds. The Morgan fingerprint density at radius 1 is 1.38 bits per heavy atom. The van der Waals surface area contributed by atoms with Gasteiger partial charge in [0.05, 0.1) is 20.0 Å². The molecule has 6 nitrogen and oxygen atoms in total. The second kappa shape index (κ2) is 7.38. The van der Waals surface area contributed by atoms with Crippen molar-refractivity contribution in [3.05, 3.63) is 42.5 Å². The number of methoxy groups -OCH3 is 1. The zero-order chi connectivity index (χ0) is 16.9. The van der Waals surface area contributed by atoms with Crippen LogP contribution in [0.1, 0.15) is 23.3 Å². The van der Waals surface area contributed by atoms with Gasteiger partial charge in [-0.3, -0.25) is 4.79 Å². The summed E-state index contributed by atoms with van der Waals surface area (Å²) in [4.78, 5) is 18.5. The van der Waals surface area contributed by atoms with Gasteiger partial charge in [-0.25, -0.2) is 4.98 Å². The molecular formula is C18H23N3O3.